The van der Waals surface area contributed by atoms with Crippen molar-refractivity contribution in [3.63, 3.8) is 0 Å². The first-order valence-electron chi connectivity index (χ1n) is 6.70. The van der Waals surface area contributed by atoms with Crippen LogP contribution in [0.2, 0.25) is 0 Å². The molecule has 0 aromatic heterocycles. The van der Waals surface area contributed by atoms with Crippen LogP contribution in [0.4, 0.5) is 0 Å². The summed E-state index contributed by atoms with van der Waals surface area (Å²) in [7, 11) is 0. The van der Waals surface area contributed by atoms with Crippen molar-refractivity contribution in [1.82, 2.24) is 0 Å². The van der Waals surface area contributed by atoms with E-state index in [0.717, 1.165) is 18.7 Å². The van der Waals surface area contributed by atoms with E-state index in [2.05, 4.69) is 30.4 Å². The maximum atomic E-state index is 9.25. The predicted octanol–water partition coefficient (Wildman–Crippen LogP) is 2.87. The molecule has 21 heavy (non-hydrogen) atoms. The van der Waals surface area contributed by atoms with Gasteiger partial charge in [0.25, 0.3) is 0 Å². The molecule has 0 amide bonds. The number of rotatable bonds is 5. The summed E-state index contributed by atoms with van der Waals surface area (Å²) < 4.78 is 2.09. The fourth-order valence-electron chi connectivity index (χ4n) is 1.79. The number of hydrogen-bond acceptors (Lipinski definition) is 3. The average molecular weight is 277 g/mol. The lowest BCUT2D eigenvalue weighted by molar-refractivity contribution is -0.515. The minimum Gasteiger partial charge on any atom is -0.258 e. The van der Waals surface area contributed by atoms with Crippen LogP contribution in [0, 0.1) is 28.1 Å². The number of allylic oxidation sites excluding steroid dienone is 3. The van der Waals surface area contributed by atoms with Gasteiger partial charge in [-0.1, -0.05) is 24.3 Å². The van der Waals surface area contributed by atoms with Crippen molar-refractivity contribution in [1.29, 1.82) is 15.9 Å². The maximum Gasteiger partial charge on any atom is 0.164 e. The Morgan fingerprint density at radius 3 is 2.10 bits per heavy atom. The molecule has 0 aliphatic rings. The van der Waals surface area contributed by atoms with Crippen molar-refractivity contribution in [2.24, 2.45) is 0 Å². The van der Waals surface area contributed by atoms with Crippen LogP contribution in [0.1, 0.15) is 25.0 Å². The molecule has 1 N–H and O–H groups in total. The lowest BCUT2D eigenvalue weighted by atomic mass is 10.0. The lowest BCUT2D eigenvalue weighted by Gasteiger charge is -2.00. The molecular weight excluding hydrogens is 260 g/mol. The van der Waals surface area contributed by atoms with E-state index in [1.165, 1.54) is 0 Å². The molecule has 104 valence electrons. The van der Waals surface area contributed by atoms with Gasteiger partial charge in [0.05, 0.1) is 11.6 Å². The SMILES string of the molecule is CC[N+](=C/C=C(/C#N)c1ccc(C(=C=N)C#N)cc1)CC. The maximum absolute atomic E-state index is 9.25. The van der Waals surface area contributed by atoms with Gasteiger partial charge in [0, 0.05) is 11.6 Å². The number of hydrogen-bond donors (Lipinski definition) is 1. The van der Waals surface area contributed by atoms with E-state index in [1.54, 1.807) is 30.3 Å². The van der Waals surface area contributed by atoms with Gasteiger partial charge in [0.1, 0.15) is 24.7 Å². The molecule has 1 aromatic carbocycles. The fourth-order valence-corrected chi connectivity index (χ4v) is 1.79. The quantitative estimate of drug-likeness (QED) is 0.510. The van der Waals surface area contributed by atoms with Crippen LogP contribution in [0.5, 0.6) is 0 Å². The summed E-state index contributed by atoms with van der Waals surface area (Å²) in [5, 5.41) is 25.2. The summed E-state index contributed by atoms with van der Waals surface area (Å²) in [6.45, 7) is 5.89. The molecule has 1 rings (SSSR count). The molecule has 0 saturated heterocycles. The summed E-state index contributed by atoms with van der Waals surface area (Å²) in [5.74, 6) is 2.10. The highest BCUT2D eigenvalue weighted by molar-refractivity contribution is 5.96. The fraction of sp³-hybridized carbons (Fsp3) is 0.235. The Morgan fingerprint density at radius 1 is 1.10 bits per heavy atom. The zero-order chi connectivity index (χ0) is 15.7. The molecule has 0 saturated carbocycles. The second-order valence-electron chi connectivity index (χ2n) is 4.25. The first-order chi connectivity index (χ1) is 10.2. The predicted molar refractivity (Wildman–Crippen MR) is 84.2 cm³/mol. The number of nitrogens with zero attached hydrogens (tertiary/aromatic N) is 3. The third kappa shape index (κ3) is 4.28. The zero-order valence-electron chi connectivity index (χ0n) is 12.2. The summed E-state index contributed by atoms with van der Waals surface area (Å²) >= 11 is 0. The summed E-state index contributed by atoms with van der Waals surface area (Å²) in [5.41, 5.74) is 2.15. The molecule has 0 aliphatic heterocycles. The van der Waals surface area contributed by atoms with Gasteiger partial charge in [0.2, 0.25) is 0 Å². The second-order valence-corrected chi connectivity index (χ2v) is 4.25. The van der Waals surface area contributed by atoms with Crippen LogP contribution in [-0.2, 0) is 0 Å². The van der Waals surface area contributed by atoms with Crippen molar-refractivity contribution in [3.8, 4) is 12.1 Å². The van der Waals surface area contributed by atoms with Crippen LogP contribution >= 0.6 is 0 Å². The molecule has 0 aliphatic carbocycles. The molecule has 0 atom stereocenters. The van der Waals surface area contributed by atoms with Gasteiger partial charge >= 0.3 is 0 Å². The molecule has 0 bridgehead atoms. The van der Waals surface area contributed by atoms with E-state index in [0.29, 0.717) is 11.1 Å². The number of benzene rings is 1. The van der Waals surface area contributed by atoms with Gasteiger partial charge in [-0.3, -0.25) is 5.41 Å². The van der Waals surface area contributed by atoms with E-state index in [4.69, 9.17) is 10.7 Å². The van der Waals surface area contributed by atoms with Crippen LogP contribution < -0.4 is 0 Å². The first kappa shape index (κ1) is 16.1. The Hall–Kier alpha value is -2.94. The highest BCUT2D eigenvalue weighted by Gasteiger charge is 2.04. The Kier molecular flexibility index (Phi) is 6.35. The van der Waals surface area contributed by atoms with E-state index in [1.807, 2.05) is 12.3 Å². The minimum absolute atomic E-state index is 0.179. The molecule has 4 nitrogen and oxygen atoms in total. The molecule has 0 radical (unpaired) electrons. The molecule has 1 aromatic rings. The monoisotopic (exact) mass is 277 g/mol. The van der Waals surface area contributed by atoms with Gasteiger partial charge in [-0.05, 0) is 25.3 Å². The third-order valence-corrected chi connectivity index (χ3v) is 3.11. The zero-order valence-corrected chi connectivity index (χ0v) is 12.2. The van der Waals surface area contributed by atoms with Crippen molar-refractivity contribution in [3.05, 3.63) is 41.5 Å². The molecule has 0 heterocycles. The van der Waals surface area contributed by atoms with E-state index >= 15 is 0 Å². The Balaban J connectivity index is 3.13. The molecule has 0 unspecified atom stereocenters. The van der Waals surface area contributed by atoms with Gasteiger partial charge in [-0.25, -0.2) is 4.58 Å². The summed E-state index contributed by atoms with van der Waals surface area (Å²) in [4.78, 5) is 0. The van der Waals surface area contributed by atoms with Crippen molar-refractivity contribution in [2.75, 3.05) is 13.1 Å². The molecule has 4 heteroatoms. The van der Waals surface area contributed by atoms with E-state index < -0.39 is 0 Å². The van der Waals surface area contributed by atoms with Gasteiger partial charge in [-0.15, -0.1) is 0 Å². The van der Waals surface area contributed by atoms with Gasteiger partial charge < -0.3 is 0 Å². The van der Waals surface area contributed by atoms with Crippen molar-refractivity contribution in [2.45, 2.75) is 13.8 Å². The Morgan fingerprint density at radius 2 is 1.67 bits per heavy atom. The van der Waals surface area contributed by atoms with Crippen molar-refractivity contribution < 1.29 is 4.58 Å². The normalized spacial score (nSPS) is 10.0. The Bertz CT molecular complexity index is 682. The van der Waals surface area contributed by atoms with Gasteiger partial charge in [0.15, 0.2) is 6.21 Å². The number of nitrogens with one attached hydrogen (secondary N) is 1. The molecule has 0 spiro atoms. The average Bonchev–Trinajstić information content (AvgIpc) is 2.54. The molecule has 0 fully saturated rings. The number of nitriles is 2. The topological polar surface area (TPSA) is 74.4 Å². The smallest absolute Gasteiger partial charge is 0.164 e. The first-order valence-corrected chi connectivity index (χ1v) is 6.70. The lowest BCUT2D eigenvalue weighted by Crippen LogP contribution is -2.10. The van der Waals surface area contributed by atoms with Crippen LogP contribution in [0.3, 0.4) is 0 Å². The van der Waals surface area contributed by atoms with Crippen molar-refractivity contribution >= 4 is 23.2 Å². The summed E-state index contributed by atoms with van der Waals surface area (Å²) in [6.07, 6.45) is 3.70. The standard InChI is InChI=1S/C17H17N4/c1-3-21(4-2)10-9-16(11-18)14-5-7-15(8-6-14)17(12-19)13-20/h5-10,19H,3-4H2,1-2H3/q+1. The highest BCUT2D eigenvalue weighted by Crippen LogP contribution is 2.17. The van der Waals surface area contributed by atoms with Crippen LogP contribution in [-0.4, -0.2) is 29.7 Å². The Labute approximate surface area is 125 Å². The summed E-state index contributed by atoms with van der Waals surface area (Å²) in [6, 6.07) is 11.1. The third-order valence-electron chi connectivity index (χ3n) is 3.11. The van der Waals surface area contributed by atoms with E-state index in [9.17, 15) is 5.26 Å². The van der Waals surface area contributed by atoms with Gasteiger partial charge in [-0.2, -0.15) is 10.5 Å². The highest BCUT2D eigenvalue weighted by atomic mass is 15.0. The largest absolute Gasteiger partial charge is 0.258 e. The van der Waals surface area contributed by atoms with Crippen LogP contribution in [0.25, 0.3) is 11.1 Å². The van der Waals surface area contributed by atoms with Crippen LogP contribution in [0.15, 0.2) is 30.3 Å². The second kappa shape index (κ2) is 8.27. The van der Waals surface area contributed by atoms with E-state index in [-0.39, 0.29) is 5.57 Å². The minimum atomic E-state index is 0.179. The molecular formula is C17H17N4+.